The summed E-state index contributed by atoms with van der Waals surface area (Å²) in [4.78, 5) is 11.2. The van der Waals surface area contributed by atoms with Gasteiger partial charge in [0.15, 0.2) is 5.69 Å². The minimum atomic E-state index is -4.28. The lowest BCUT2D eigenvalue weighted by molar-refractivity contribution is -0.123. The van der Waals surface area contributed by atoms with Gasteiger partial charge in [-0.2, -0.15) is 8.78 Å². The van der Waals surface area contributed by atoms with E-state index in [1.165, 1.54) is 6.07 Å². The van der Waals surface area contributed by atoms with Gasteiger partial charge in [-0.3, -0.25) is 4.79 Å². The Morgan fingerprint density at radius 1 is 1.41 bits per heavy atom. The maximum absolute atomic E-state index is 12.5. The van der Waals surface area contributed by atoms with Crippen LogP contribution in [0.3, 0.4) is 0 Å². The maximum Gasteiger partial charge on any atom is 0.324 e. The highest BCUT2D eigenvalue weighted by Crippen LogP contribution is 2.21. The molecule has 1 heterocycles. The molecule has 0 aliphatic heterocycles. The van der Waals surface area contributed by atoms with Crippen LogP contribution in [0.2, 0.25) is 0 Å². The first-order chi connectivity index (χ1) is 7.83. The zero-order chi connectivity index (χ0) is 13.1. The van der Waals surface area contributed by atoms with E-state index in [0.717, 1.165) is 6.07 Å². The van der Waals surface area contributed by atoms with Crippen LogP contribution < -0.4 is 11.1 Å². The van der Waals surface area contributed by atoms with Gasteiger partial charge >= 0.3 is 12.3 Å². The molecule has 1 aromatic heterocycles. The quantitative estimate of drug-likeness (QED) is 0.772. The summed E-state index contributed by atoms with van der Waals surface area (Å²) in [6, 6.07) is 2.37. The van der Waals surface area contributed by atoms with Gasteiger partial charge in [0.2, 0.25) is 0 Å². The van der Waals surface area contributed by atoms with Crippen molar-refractivity contribution < 1.29 is 22.4 Å². The molecule has 0 bridgehead atoms. The average molecular weight is 252 g/mol. The Hall–Kier alpha value is -1.93. The molecule has 0 aromatic carbocycles. The molecule has 0 radical (unpaired) electrons. The number of alkyl halides is 4. The van der Waals surface area contributed by atoms with E-state index < -0.39 is 24.8 Å². The van der Waals surface area contributed by atoms with E-state index in [1.54, 1.807) is 5.32 Å². The first kappa shape index (κ1) is 13.1. The maximum atomic E-state index is 12.5. The minimum absolute atomic E-state index is 0.0412. The third-order valence-corrected chi connectivity index (χ3v) is 1.72. The summed E-state index contributed by atoms with van der Waals surface area (Å²) in [5.41, 5.74) is 4.90. The third kappa shape index (κ3) is 3.54. The summed E-state index contributed by atoms with van der Waals surface area (Å²) in [5, 5.41) is 8.24. The molecule has 0 spiro atoms. The second kappa shape index (κ2) is 4.93. The van der Waals surface area contributed by atoms with Crippen molar-refractivity contribution in [1.82, 2.24) is 15.5 Å². The molecule has 0 saturated carbocycles. The van der Waals surface area contributed by atoms with Crippen molar-refractivity contribution in [2.45, 2.75) is 12.3 Å². The number of anilines is 1. The van der Waals surface area contributed by atoms with Crippen LogP contribution in [0.4, 0.5) is 23.4 Å². The number of nitrogens with two attached hydrogens (primary N) is 1. The SMILES string of the molecule is Nc1ccc(C(=O)NCC(F)(F)C(F)F)nn1. The van der Waals surface area contributed by atoms with Gasteiger partial charge in [-0.1, -0.05) is 0 Å². The third-order valence-electron chi connectivity index (χ3n) is 1.72. The van der Waals surface area contributed by atoms with Crippen molar-refractivity contribution in [3.8, 4) is 0 Å². The summed E-state index contributed by atoms with van der Waals surface area (Å²) in [7, 11) is 0. The summed E-state index contributed by atoms with van der Waals surface area (Å²) in [6.07, 6.45) is -3.85. The van der Waals surface area contributed by atoms with E-state index in [0.29, 0.717) is 0 Å². The number of hydrogen-bond donors (Lipinski definition) is 2. The molecule has 1 rings (SSSR count). The van der Waals surface area contributed by atoms with Gasteiger partial charge in [-0.05, 0) is 12.1 Å². The molecule has 5 nitrogen and oxygen atoms in total. The highest BCUT2D eigenvalue weighted by molar-refractivity contribution is 5.92. The van der Waals surface area contributed by atoms with E-state index in [-0.39, 0.29) is 11.5 Å². The number of nitrogens with one attached hydrogen (secondary N) is 1. The van der Waals surface area contributed by atoms with E-state index >= 15 is 0 Å². The van der Waals surface area contributed by atoms with Crippen LogP contribution in [0.15, 0.2) is 12.1 Å². The van der Waals surface area contributed by atoms with Crippen molar-refractivity contribution in [2.75, 3.05) is 12.3 Å². The number of carbonyl (C=O) groups excluding carboxylic acids is 1. The predicted molar refractivity (Wildman–Crippen MR) is 49.7 cm³/mol. The molecule has 1 aromatic rings. The van der Waals surface area contributed by atoms with Crippen molar-refractivity contribution in [3.05, 3.63) is 17.8 Å². The summed E-state index contributed by atoms with van der Waals surface area (Å²) < 4.78 is 48.5. The monoisotopic (exact) mass is 252 g/mol. The molecule has 0 unspecified atom stereocenters. The van der Waals surface area contributed by atoms with Crippen molar-refractivity contribution in [1.29, 1.82) is 0 Å². The molecule has 0 aliphatic rings. The van der Waals surface area contributed by atoms with Crippen LogP contribution in [0, 0.1) is 0 Å². The summed E-state index contributed by atoms with van der Waals surface area (Å²) in [5.74, 6) is -5.27. The lowest BCUT2D eigenvalue weighted by atomic mass is 10.3. The number of rotatable bonds is 4. The number of halogens is 4. The molecule has 1 amide bonds. The summed E-state index contributed by atoms with van der Waals surface area (Å²) >= 11 is 0. The Kier molecular flexibility index (Phi) is 3.81. The smallest absolute Gasteiger partial charge is 0.324 e. The average Bonchev–Trinajstić information content (AvgIpc) is 2.27. The first-order valence-corrected chi connectivity index (χ1v) is 4.36. The molecule has 9 heteroatoms. The standard InChI is InChI=1S/C8H8F4N4O/c9-7(10)8(11,12)3-14-6(17)4-1-2-5(13)16-15-4/h1-2,7H,3H2,(H2,13,16)(H,14,17). The molecule has 0 atom stereocenters. The molecule has 3 N–H and O–H groups in total. The van der Waals surface area contributed by atoms with Gasteiger partial charge in [0.1, 0.15) is 5.82 Å². The zero-order valence-electron chi connectivity index (χ0n) is 8.33. The van der Waals surface area contributed by atoms with Gasteiger partial charge in [0, 0.05) is 0 Å². The Labute approximate surface area is 93.0 Å². The molecular formula is C8H8F4N4O. The van der Waals surface area contributed by atoms with Crippen LogP contribution in [0.25, 0.3) is 0 Å². The fraction of sp³-hybridized carbons (Fsp3) is 0.375. The Morgan fingerprint density at radius 2 is 2.06 bits per heavy atom. The zero-order valence-corrected chi connectivity index (χ0v) is 8.33. The molecule has 0 saturated heterocycles. The lowest BCUT2D eigenvalue weighted by Gasteiger charge is -2.15. The number of hydrogen-bond acceptors (Lipinski definition) is 4. The summed E-state index contributed by atoms with van der Waals surface area (Å²) in [6.45, 7) is -1.48. The van der Waals surface area contributed by atoms with Gasteiger partial charge in [0.25, 0.3) is 5.91 Å². The van der Waals surface area contributed by atoms with E-state index in [1.807, 2.05) is 0 Å². The fourth-order valence-electron chi connectivity index (χ4n) is 0.830. The van der Waals surface area contributed by atoms with Crippen molar-refractivity contribution >= 4 is 11.7 Å². The number of aromatic nitrogens is 2. The second-order valence-corrected chi connectivity index (χ2v) is 3.09. The Morgan fingerprint density at radius 3 is 2.53 bits per heavy atom. The first-order valence-electron chi connectivity index (χ1n) is 4.36. The van der Waals surface area contributed by atoms with Crippen molar-refractivity contribution in [2.24, 2.45) is 0 Å². The van der Waals surface area contributed by atoms with E-state index in [9.17, 15) is 22.4 Å². The molecule has 17 heavy (non-hydrogen) atoms. The van der Waals surface area contributed by atoms with Crippen LogP contribution in [0.5, 0.6) is 0 Å². The molecular weight excluding hydrogens is 244 g/mol. The molecule has 0 fully saturated rings. The van der Waals surface area contributed by atoms with Crippen LogP contribution in [-0.2, 0) is 0 Å². The normalized spacial score (nSPS) is 11.6. The highest BCUT2D eigenvalue weighted by atomic mass is 19.3. The Bertz CT molecular complexity index is 395. The van der Waals surface area contributed by atoms with Crippen LogP contribution >= 0.6 is 0 Å². The second-order valence-electron chi connectivity index (χ2n) is 3.09. The predicted octanol–water partition coefficient (Wildman–Crippen LogP) is 0.689. The minimum Gasteiger partial charge on any atom is -0.382 e. The Balaban J connectivity index is 2.59. The number of nitrogen functional groups attached to an aromatic ring is 1. The van der Waals surface area contributed by atoms with Crippen LogP contribution in [0.1, 0.15) is 10.5 Å². The number of carbonyl (C=O) groups is 1. The van der Waals surface area contributed by atoms with Gasteiger partial charge in [0.05, 0.1) is 6.54 Å². The van der Waals surface area contributed by atoms with E-state index in [4.69, 9.17) is 5.73 Å². The van der Waals surface area contributed by atoms with Gasteiger partial charge in [-0.25, -0.2) is 8.78 Å². The highest BCUT2D eigenvalue weighted by Gasteiger charge is 2.40. The largest absolute Gasteiger partial charge is 0.382 e. The van der Waals surface area contributed by atoms with Crippen molar-refractivity contribution in [3.63, 3.8) is 0 Å². The number of nitrogens with zero attached hydrogens (tertiary/aromatic N) is 2. The molecule has 0 aliphatic carbocycles. The topological polar surface area (TPSA) is 80.9 Å². The molecule has 94 valence electrons. The van der Waals surface area contributed by atoms with Gasteiger partial charge < -0.3 is 11.1 Å². The van der Waals surface area contributed by atoms with E-state index in [2.05, 4.69) is 10.2 Å². The fourth-order valence-corrected chi connectivity index (χ4v) is 0.830. The number of amides is 1. The van der Waals surface area contributed by atoms with Crippen LogP contribution in [-0.4, -0.2) is 35.0 Å². The van der Waals surface area contributed by atoms with Gasteiger partial charge in [-0.15, -0.1) is 10.2 Å². The lowest BCUT2D eigenvalue weighted by Crippen LogP contribution is -2.41.